The molecule has 0 heterocycles. The van der Waals surface area contributed by atoms with Crippen molar-refractivity contribution in [3.8, 4) is 5.75 Å². The lowest BCUT2D eigenvalue weighted by atomic mass is 10.1. The lowest BCUT2D eigenvalue weighted by Crippen LogP contribution is -2.38. The quantitative estimate of drug-likeness (QED) is 0.435. The number of aliphatic hydroxyl groups is 1. The van der Waals surface area contributed by atoms with E-state index in [1.165, 1.54) is 6.07 Å². The average Bonchev–Trinajstić information content (AvgIpc) is 2.71. The lowest BCUT2D eigenvalue weighted by molar-refractivity contribution is -0.153. The summed E-state index contributed by atoms with van der Waals surface area (Å²) in [6, 6.07) is 15.9. The van der Waals surface area contributed by atoms with E-state index in [4.69, 9.17) is 4.74 Å². The molecule has 0 aromatic heterocycles. The first-order valence-corrected chi connectivity index (χ1v) is 9.41. The Morgan fingerprint density at radius 3 is 2.45 bits per heavy atom. The molecule has 8 heteroatoms. The number of nitrogens with zero attached hydrogens (tertiary/aromatic N) is 1. The van der Waals surface area contributed by atoms with Crippen molar-refractivity contribution >= 4 is 5.96 Å². The van der Waals surface area contributed by atoms with Gasteiger partial charge in [-0.05, 0) is 25.0 Å². The molecule has 29 heavy (non-hydrogen) atoms. The summed E-state index contributed by atoms with van der Waals surface area (Å²) in [4.78, 5) is 4.41. The van der Waals surface area contributed by atoms with Crippen molar-refractivity contribution in [2.75, 3.05) is 19.7 Å². The molecule has 2 aromatic rings. The largest absolute Gasteiger partial charge is 0.484 e. The number of ether oxygens (including phenoxy) is 1. The molecule has 158 valence electrons. The maximum atomic E-state index is 12.4. The highest BCUT2D eigenvalue weighted by Crippen LogP contribution is 2.22. The molecule has 0 amide bonds. The molecule has 0 aliphatic rings. The monoisotopic (exact) mass is 409 g/mol. The van der Waals surface area contributed by atoms with E-state index in [0.717, 1.165) is 5.56 Å². The second kappa shape index (κ2) is 11.3. The number of para-hydroxylation sites is 1. The van der Waals surface area contributed by atoms with Crippen LogP contribution >= 0.6 is 0 Å². The van der Waals surface area contributed by atoms with Crippen molar-refractivity contribution in [1.29, 1.82) is 0 Å². The van der Waals surface area contributed by atoms with Gasteiger partial charge in [0.2, 0.25) is 0 Å². The van der Waals surface area contributed by atoms with Gasteiger partial charge in [0.1, 0.15) is 5.75 Å². The second-order valence-corrected chi connectivity index (χ2v) is 6.35. The van der Waals surface area contributed by atoms with Gasteiger partial charge in [0, 0.05) is 18.7 Å². The molecule has 0 fully saturated rings. The first-order valence-electron chi connectivity index (χ1n) is 9.41. The first-order chi connectivity index (χ1) is 13.9. The zero-order chi connectivity index (χ0) is 21.1. The maximum Gasteiger partial charge on any atom is 0.422 e. The Hall–Kier alpha value is -2.74. The van der Waals surface area contributed by atoms with E-state index in [-0.39, 0.29) is 12.3 Å². The molecule has 0 radical (unpaired) electrons. The van der Waals surface area contributed by atoms with Crippen LogP contribution in [0.25, 0.3) is 0 Å². The fourth-order valence-electron chi connectivity index (χ4n) is 2.61. The van der Waals surface area contributed by atoms with E-state index < -0.39 is 18.9 Å². The van der Waals surface area contributed by atoms with Crippen molar-refractivity contribution in [2.45, 2.75) is 32.2 Å². The van der Waals surface area contributed by atoms with Crippen LogP contribution in [-0.4, -0.2) is 36.9 Å². The van der Waals surface area contributed by atoms with Gasteiger partial charge in [-0.15, -0.1) is 0 Å². The van der Waals surface area contributed by atoms with Crippen LogP contribution in [0.1, 0.15) is 30.6 Å². The van der Waals surface area contributed by atoms with Crippen molar-refractivity contribution < 1.29 is 23.0 Å². The predicted octanol–water partition coefficient (Wildman–Crippen LogP) is 3.81. The van der Waals surface area contributed by atoms with Gasteiger partial charge >= 0.3 is 6.18 Å². The molecular weight excluding hydrogens is 383 g/mol. The number of hydrogen-bond donors (Lipinski definition) is 3. The predicted molar refractivity (Wildman–Crippen MR) is 107 cm³/mol. The number of alkyl halides is 3. The SMILES string of the molecule is CCNC(=NCc1ccccc1OCC(F)(F)F)NCCC(O)c1ccccc1. The molecule has 1 atom stereocenters. The molecule has 0 saturated carbocycles. The molecule has 0 bridgehead atoms. The third kappa shape index (κ3) is 8.43. The van der Waals surface area contributed by atoms with Crippen LogP contribution in [0.4, 0.5) is 13.2 Å². The van der Waals surface area contributed by atoms with Gasteiger partial charge in [-0.25, -0.2) is 4.99 Å². The van der Waals surface area contributed by atoms with Crippen LogP contribution in [0.5, 0.6) is 5.75 Å². The Labute approximate surface area is 168 Å². The number of aliphatic hydroxyl groups excluding tert-OH is 1. The van der Waals surface area contributed by atoms with Gasteiger partial charge in [0.15, 0.2) is 12.6 Å². The smallest absolute Gasteiger partial charge is 0.422 e. The van der Waals surface area contributed by atoms with E-state index in [2.05, 4.69) is 15.6 Å². The summed E-state index contributed by atoms with van der Waals surface area (Å²) in [6.07, 6.45) is -4.50. The summed E-state index contributed by atoms with van der Waals surface area (Å²) >= 11 is 0. The highest BCUT2D eigenvalue weighted by molar-refractivity contribution is 5.79. The summed E-state index contributed by atoms with van der Waals surface area (Å²) in [5.41, 5.74) is 1.39. The van der Waals surface area contributed by atoms with Gasteiger partial charge in [0.25, 0.3) is 0 Å². The third-order valence-electron chi connectivity index (χ3n) is 4.01. The molecule has 3 N–H and O–H groups in total. The van der Waals surface area contributed by atoms with Crippen molar-refractivity contribution in [2.24, 2.45) is 4.99 Å². The van der Waals surface area contributed by atoms with Crippen LogP contribution < -0.4 is 15.4 Å². The van der Waals surface area contributed by atoms with Crippen LogP contribution in [0.15, 0.2) is 59.6 Å². The van der Waals surface area contributed by atoms with E-state index in [9.17, 15) is 18.3 Å². The molecule has 5 nitrogen and oxygen atoms in total. The van der Waals surface area contributed by atoms with Crippen molar-refractivity contribution in [1.82, 2.24) is 10.6 Å². The Kier molecular flexibility index (Phi) is 8.79. The number of guanidine groups is 1. The molecule has 0 aliphatic heterocycles. The van der Waals surface area contributed by atoms with Crippen LogP contribution in [0.2, 0.25) is 0 Å². The first kappa shape index (κ1) is 22.5. The Morgan fingerprint density at radius 1 is 1.07 bits per heavy atom. The van der Waals surface area contributed by atoms with E-state index in [1.807, 2.05) is 37.3 Å². The number of rotatable bonds is 9. The molecule has 2 rings (SSSR count). The fraction of sp³-hybridized carbons (Fsp3) is 0.381. The third-order valence-corrected chi connectivity index (χ3v) is 4.01. The number of nitrogens with one attached hydrogen (secondary N) is 2. The minimum atomic E-state index is -4.40. The van der Waals surface area contributed by atoms with Gasteiger partial charge < -0.3 is 20.5 Å². The number of hydrogen-bond acceptors (Lipinski definition) is 3. The van der Waals surface area contributed by atoms with Crippen LogP contribution in [0, 0.1) is 0 Å². The normalized spacial score (nSPS) is 13.1. The molecule has 2 aromatic carbocycles. The molecule has 0 spiro atoms. The number of halogens is 3. The zero-order valence-electron chi connectivity index (χ0n) is 16.2. The van der Waals surface area contributed by atoms with E-state index in [1.54, 1.807) is 18.2 Å². The maximum absolute atomic E-state index is 12.4. The average molecular weight is 409 g/mol. The summed E-state index contributed by atoms with van der Waals surface area (Å²) < 4.78 is 42.2. The Morgan fingerprint density at radius 2 is 1.76 bits per heavy atom. The fourth-order valence-corrected chi connectivity index (χ4v) is 2.61. The topological polar surface area (TPSA) is 65.9 Å². The summed E-state index contributed by atoms with van der Waals surface area (Å²) in [7, 11) is 0. The van der Waals surface area contributed by atoms with E-state index in [0.29, 0.717) is 31.0 Å². The highest BCUT2D eigenvalue weighted by Gasteiger charge is 2.28. The van der Waals surface area contributed by atoms with Gasteiger partial charge in [0.05, 0.1) is 12.6 Å². The van der Waals surface area contributed by atoms with Crippen LogP contribution in [-0.2, 0) is 6.54 Å². The van der Waals surface area contributed by atoms with Crippen molar-refractivity contribution in [3.05, 3.63) is 65.7 Å². The summed E-state index contributed by atoms with van der Waals surface area (Å²) in [6.45, 7) is 1.83. The molecule has 1 unspecified atom stereocenters. The Bertz CT molecular complexity index is 767. The number of aliphatic imine (C=N–C) groups is 1. The minimum Gasteiger partial charge on any atom is -0.484 e. The van der Waals surface area contributed by atoms with Crippen molar-refractivity contribution in [3.63, 3.8) is 0 Å². The zero-order valence-corrected chi connectivity index (χ0v) is 16.2. The highest BCUT2D eigenvalue weighted by atomic mass is 19.4. The molecular formula is C21H26F3N3O2. The minimum absolute atomic E-state index is 0.156. The standard InChI is InChI=1S/C21H26F3N3O2/c1-2-25-20(26-13-12-18(28)16-8-4-3-5-9-16)27-14-17-10-6-7-11-19(17)29-15-21(22,23)24/h3-11,18,28H,2,12-15H2,1H3,(H2,25,26,27). The number of benzene rings is 2. The van der Waals surface area contributed by atoms with Gasteiger partial charge in [-0.2, -0.15) is 13.2 Å². The lowest BCUT2D eigenvalue weighted by Gasteiger charge is -2.15. The van der Waals surface area contributed by atoms with Crippen LogP contribution in [0.3, 0.4) is 0 Å². The molecule has 0 saturated heterocycles. The summed E-state index contributed by atoms with van der Waals surface area (Å²) in [5, 5.41) is 16.4. The Balaban J connectivity index is 1.93. The van der Waals surface area contributed by atoms with Gasteiger partial charge in [-0.1, -0.05) is 48.5 Å². The second-order valence-electron chi connectivity index (χ2n) is 6.35. The van der Waals surface area contributed by atoms with E-state index >= 15 is 0 Å². The molecule has 0 aliphatic carbocycles. The van der Waals surface area contributed by atoms with Gasteiger partial charge in [-0.3, -0.25) is 0 Å². The summed E-state index contributed by atoms with van der Waals surface area (Å²) in [5.74, 6) is 0.669.